The van der Waals surface area contributed by atoms with Gasteiger partial charge < -0.3 is 0 Å². The number of aromatic nitrogens is 1. The molecule has 4 aromatic rings. The van der Waals surface area contributed by atoms with Crippen LogP contribution in [-0.4, -0.2) is 4.98 Å². The second kappa shape index (κ2) is 4.66. The van der Waals surface area contributed by atoms with Crippen molar-refractivity contribution in [1.29, 1.82) is 0 Å². The lowest BCUT2D eigenvalue weighted by atomic mass is 9.92. The third-order valence-corrected chi connectivity index (χ3v) is 5.14. The summed E-state index contributed by atoms with van der Waals surface area (Å²) in [4.78, 5) is 4.56. The van der Waals surface area contributed by atoms with Gasteiger partial charge >= 0.3 is 0 Å². The predicted octanol–water partition coefficient (Wildman–Crippen LogP) is 5.46. The van der Waals surface area contributed by atoms with Crippen LogP contribution in [0.2, 0.25) is 0 Å². The minimum absolute atomic E-state index is 1.07. The first-order valence-corrected chi connectivity index (χ1v) is 8.21. The van der Waals surface area contributed by atoms with Crippen LogP contribution in [0.4, 0.5) is 0 Å². The molecule has 0 saturated heterocycles. The standard InChI is InChI=1S/C22H17N/c1-14-4-2-7-20-21(14)19(12-13-23-20)17-11-10-16-9-8-15-5-3-6-18(17)22(15)16/h2-7,10-13H,8-9H2,1H3. The minimum Gasteiger partial charge on any atom is -0.256 e. The SMILES string of the molecule is Cc1cccc2nccc(-c3ccc4c5c(cccc35)CC4)c12. The average Bonchev–Trinajstić information content (AvgIpc) is 3.00. The molecule has 1 heterocycles. The summed E-state index contributed by atoms with van der Waals surface area (Å²) >= 11 is 0. The molecule has 0 spiro atoms. The van der Waals surface area contributed by atoms with E-state index < -0.39 is 0 Å². The van der Waals surface area contributed by atoms with Crippen molar-refractivity contribution < 1.29 is 0 Å². The van der Waals surface area contributed by atoms with Crippen LogP contribution < -0.4 is 0 Å². The fraction of sp³-hybridized carbons (Fsp3) is 0.136. The Morgan fingerprint density at radius 2 is 1.57 bits per heavy atom. The van der Waals surface area contributed by atoms with Crippen molar-refractivity contribution in [3.63, 3.8) is 0 Å². The fourth-order valence-corrected chi connectivity index (χ4v) is 4.09. The van der Waals surface area contributed by atoms with Gasteiger partial charge in [0.1, 0.15) is 0 Å². The molecular formula is C22H17N. The molecule has 1 heteroatoms. The van der Waals surface area contributed by atoms with E-state index in [0.717, 1.165) is 5.52 Å². The van der Waals surface area contributed by atoms with E-state index >= 15 is 0 Å². The first-order valence-electron chi connectivity index (χ1n) is 8.21. The van der Waals surface area contributed by atoms with E-state index in [9.17, 15) is 0 Å². The largest absolute Gasteiger partial charge is 0.256 e. The van der Waals surface area contributed by atoms with Crippen LogP contribution in [0.3, 0.4) is 0 Å². The van der Waals surface area contributed by atoms with Crippen molar-refractivity contribution in [3.05, 3.63) is 77.5 Å². The van der Waals surface area contributed by atoms with Crippen molar-refractivity contribution in [1.82, 2.24) is 4.98 Å². The molecule has 1 aromatic heterocycles. The van der Waals surface area contributed by atoms with Crippen molar-refractivity contribution in [2.24, 2.45) is 0 Å². The van der Waals surface area contributed by atoms with Gasteiger partial charge in [-0.25, -0.2) is 0 Å². The molecule has 23 heavy (non-hydrogen) atoms. The summed E-state index contributed by atoms with van der Waals surface area (Å²) < 4.78 is 0. The van der Waals surface area contributed by atoms with Gasteiger partial charge in [-0.1, -0.05) is 42.5 Å². The Balaban J connectivity index is 1.93. The highest BCUT2D eigenvalue weighted by atomic mass is 14.6. The second-order valence-electron chi connectivity index (χ2n) is 6.44. The molecule has 0 saturated carbocycles. The molecule has 0 fully saturated rings. The second-order valence-corrected chi connectivity index (χ2v) is 6.44. The molecule has 110 valence electrons. The molecule has 0 amide bonds. The summed E-state index contributed by atoms with van der Waals surface area (Å²) in [5.41, 5.74) is 7.97. The smallest absolute Gasteiger partial charge is 0.0710 e. The van der Waals surface area contributed by atoms with Crippen LogP contribution in [0.5, 0.6) is 0 Å². The Hall–Kier alpha value is -2.67. The summed E-state index contributed by atoms with van der Waals surface area (Å²) in [7, 11) is 0. The van der Waals surface area contributed by atoms with Crippen molar-refractivity contribution in [2.75, 3.05) is 0 Å². The first-order chi connectivity index (χ1) is 11.3. The zero-order valence-electron chi connectivity index (χ0n) is 13.1. The molecule has 5 rings (SSSR count). The molecule has 0 aliphatic heterocycles. The molecule has 0 bridgehead atoms. The van der Waals surface area contributed by atoms with E-state index in [2.05, 4.69) is 66.5 Å². The molecule has 0 unspecified atom stereocenters. The lowest BCUT2D eigenvalue weighted by Gasteiger charge is -2.13. The number of pyridine rings is 1. The summed E-state index contributed by atoms with van der Waals surface area (Å²) in [6, 6.07) is 19.9. The molecular weight excluding hydrogens is 278 g/mol. The van der Waals surface area contributed by atoms with E-state index in [-0.39, 0.29) is 0 Å². The number of nitrogens with zero attached hydrogens (tertiary/aromatic N) is 1. The van der Waals surface area contributed by atoms with Gasteiger partial charge in [0, 0.05) is 11.6 Å². The zero-order valence-corrected chi connectivity index (χ0v) is 13.1. The van der Waals surface area contributed by atoms with Crippen molar-refractivity contribution in [3.8, 4) is 11.1 Å². The summed E-state index contributed by atoms with van der Waals surface area (Å²) in [5, 5.41) is 4.13. The van der Waals surface area contributed by atoms with Crippen LogP contribution in [-0.2, 0) is 12.8 Å². The van der Waals surface area contributed by atoms with Crippen molar-refractivity contribution in [2.45, 2.75) is 19.8 Å². The molecule has 1 nitrogen and oxygen atoms in total. The predicted molar refractivity (Wildman–Crippen MR) is 96.8 cm³/mol. The Kier molecular flexibility index (Phi) is 2.60. The first kappa shape index (κ1) is 12.8. The van der Waals surface area contributed by atoms with Gasteiger partial charge in [-0.2, -0.15) is 0 Å². The van der Waals surface area contributed by atoms with Gasteiger partial charge in [0.25, 0.3) is 0 Å². The molecule has 0 radical (unpaired) electrons. The normalized spacial score (nSPS) is 13.1. The lowest BCUT2D eigenvalue weighted by Crippen LogP contribution is -1.89. The molecule has 1 aliphatic rings. The van der Waals surface area contributed by atoms with Crippen LogP contribution >= 0.6 is 0 Å². The number of fused-ring (bicyclic) bond motifs is 1. The van der Waals surface area contributed by atoms with Gasteiger partial charge in [0.05, 0.1) is 5.52 Å². The van der Waals surface area contributed by atoms with Crippen molar-refractivity contribution >= 4 is 21.7 Å². The summed E-state index contributed by atoms with van der Waals surface area (Å²) in [5.74, 6) is 0. The highest BCUT2D eigenvalue weighted by Crippen LogP contribution is 2.39. The third kappa shape index (κ3) is 1.77. The highest BCUT2D eigenvalue weighted by molar-refractivity contribution is 6.07. The Morgan fingerprint density at radius 3 is 2.48 bits per heavy atom. The quantitative estimate of drug-likeness (QED) is 0.454. The van der Waals surface area contributed by atoms with Crippen LogP contribution in [0.25, 0.3) is 32.8 Å². The number of benzene rings is 3. The van der Waals surface area contributed by atoms with E-state index in [1.54, 1.807) is 0 Å². The van der Waals surface area contributed by atoms with Gasteiger partial charge in [0.2, 0.25) is 0 Å². The maximum Gasteiger partial charge on any atom is 0.0710 e. The minimum atomic E-state index is 1.07. The number of aryl methyl sites for hydroxylation is 3. The summed E-state index contributed by atoms with van der Waals surface area (Å²) in [6.45, 7) is 2.17. The Labute approximate surface area is 135 Å². The van der Waals surface area contributed by atoms with E-state index in [0.29, 0.717) is 0 Å². The summed E-state index contributed by atoms with van der Waals surface area (Å²) in [6.07, 6.45) is 4.28. The topological polar surface area (TPSA) is 12.9 Å². The molecule has 0 N–H and O–H groups in total. The molecule has 3 aromatic carbocycles. The van der Waals surface area contributed by atoms with Crippen LogP contribution in [0.1, 0.15) is 16.7 Å². The lowest BCUT2D eigenvalue weighted by molar-refractivity contribution is 1.02. The monoisotopic (exact) mass is 295 g/mol. The maximum absolute atomic E-state index is 4.56. The van der Waals surface area contributed by atoms with Gasteiger partial charge in [-0.3, -0.25) is 4.98 Å². The highest BCUT2D eigenvalue weighted by Gasteiger charge is 2.17. The van der Waals surface area contributed by atoms with Gasteiger partial charge in [-0.05, 0) is 70.5 Å². The van der Waals surface area contributed by atoms with E-state index in [1.165, 1.54) is 56.8 Å². The number of hydrogen-bond acceptors (Lipinski definition) is 1. The molecule has 0 atom stereocenters. The van der Waals surface area contributed by atoms with Gasteiger partial charge in [-0.15, -0.1) is 0 Å². The number of hydrogen-bond donors (Lipinski definition) is 0. The van der Waals surface area contributed by atoms with Crippen LogP contribution in [0, 0.1) is 6.92 Å². The molecule has 1 aliphatic carbocycles. The Morgan fingerprint density at radius 1 is 0.739 bits per heavy atom. The van der Waals surface area contributed by atoms with Gasteiger partial charge in [0.15, 0.2) is 0 Å². The third-order valence-electron chi connectivity index (χ3n) is 5.14. The zero-order chi connectivity index (χ0) is 15.4. The maximum atomic E-state index is 4.56. The van der Waals surface area contributed by atoms with E-state index in [1.807, 2.05) is 6.20 Å². The average molecular weight is 295 g/mol. The Bertz CT molecular complexity index is 1060. The fourth-order valence-electron chi connectivity index (χ4n) is 4.09. The van der Waals surface area contributed by atoms with Crippen LogP contribution in [0.15, 0.2) is 60.8 Å². The van der Waals surface area contributed by atoms with E-state index in [4.69, 9.17) is 0 Å². The number of rotatable bonds is 1.